The Hall–Kier alpha value is -1.19. The lowest BCUT2D eigenvalue weighted by Crippen LogP contribution is -2.32. The van der Waals surface area contributed by atoms with E-state index in [1.165, 1.54) is 0 Å². The maximum absolute atomic E-state index is 10.9. The van der Waals surface area contributed by atoms with Crippen molar-refractivity contribution >= 4 is 6.29 Å². The Morgan fingerprint density at radius 2 is 1.87 bits per heavy atom. The molecule has 0 aliphatic rings. The van der Waals surface area contributed by atoms with Crippen molar-refractivity contribution in [2.75, 3.05) is 0 Å². The van der Waals surface area contributed by atoms with E-state index in [4.69, 9.17) is 4.84 Å². The smallest absolute Gasteiger partial charge is 0.143 e. The summed E-state index contributed by atoms with van der Waals surface area (Å²) in [6, 6.07) is 9.06. The number of hydrogen-bond acceptors (Lipinski definition) is 3. The molecule has 0 heterocycles. The summed E-state index contributed by atoms with van der Waals surface area (Å²) >= 11 is 0. The van der Waals surface area contributed by atoms with E-state index in [9.17, 15) is 4.79 Å². The first kappa shape index (κ1) is 11.9. The molecular weight excluding hydrogens is 190 g/mol. The zero-order valence-corrected chi connectivity index (χ0v) is 9.36. The van der Waals surface area contributed by atoms with E-state index in [1.807, 2.05) is 51.1 Å². The Morgan fingerprint density at radius 3 is 2.33 bits per heavy atom. The third-order valence-corrected chi connectivity index (χ3v) is 1.79. The number of rotatable bonds is 4. The third-order valence-electron chi connectivity index (χ3n) is 1.79. The van der Waals surface area contributed by atoms with Gasteiger partial charge in [-0.25, -0.2) is 0 Å². The van der Waals surface area contributed by atoms with Crippen LogP contribution in [0, 0.1) is 0 Å². The van der Waals surface area contributed by atoms with Crippen LogP contribution in [0.15, 0.2) is 30.3 Å². The van der Waals surface area contributed by atoms with Gasteiger partial charge in [0.2, 0.25) is 0 Å². The van der Waals surface area contributed by atoms with Gasteiger partial charge >= 0.3 is 0 Å². The normalized spacial score (nSPS) is 13.5. The molecule has 3 nitrogen and oxygen atoms in total. The molecule has 1 aromatic carbocycles. The molecule has 0 saturated carbocycles. The number of benzene rings is 1. The topological polar surface area (TPSA) is 38.3 Å². The predicted octanol–water partition coefficient (Wildman–Crippen LogP) is 2.25. The zero-order chi connectivity index (χ0) is 11.3. The van der Waals surface area contributed by atoms with Crippen molar-refractivity contribution < 1.29 is 9.63 Å². The lowest BCUT2D eigenvalue weighted by Gasteiger charge is -2.22. The molecule has 0 amide bonds. The molecule has 1 unspecified atom stereocenters. The van der Waals surface area contributed by atoms with Gasteiger partial charge in [0, 0.05) is 0 Å². The molecule has 0 aromatic heterocycles. The van der Waals surface area contributed by atoms with Crippen molar-refractivity contribution in [3.05, 3.63) is 35.9 Å². The summed E-state index contributed by atoms with van der Waals surface area (Å²) in [7, 11) is 0. The third kappa shape index (κ3) is 4.23. The van der Waals surface area contributed by atoms with Crippen LogP contribution in [0.2, 0.25) is 0 Å². The molecular formula is C12H17NO2. The van der Waals surface area contributed by atoms with Crippen LogP contribution in [0.1, 0.15) is 32.4 Å². The van der Waals surface area contributed by atoms with E-state index in [-0.39, 0.29) is 5.60 Å². The molecule has 82 valence electrons. The fourth-order valence-electron chi connectivity index (χ4n) is 1.08. The highest BCUT2D eigenvalue weighted by atomic mass is 16.7. The van der Waals surface area contributed by atoms with Gasteiger partial charge in [-0.2, -0.15) is 5.48 Å². The highest BCUT2D eigenvalue weighted by molar-refractivity contribution is 5.60. The van der Waals surface area contributed by atoms with Gasteiger partial charge in [-0.3, -0.25) is 4.84 Å². The first-order valence-corrected chi connectivity index (χ1v) is 4.97. The van der Waals surface area contributed by atoms with Crippen LogP contribution < -0.4 is 5.48 Å². The fraction of sp³-hybridized carbons (Fsp3) is 0.417. The van der Waals surface area contributed by atoms with Crippen LogP contribution in [0.5, 0.6) is 0 Å². The average molecular weight is 207 g/mol. The molecule has 0 fully saturated rings. The molecule has 1 aromatic rings. The molecule has 0 aliphatic carbocycles. The Bertz CT molecular complexity index is 303. The molecule has 0 bridgehead atoms. The van der Waals surface area contributed by atoms with Gasteiger partial charge in [-0.05, 0) is 26.3 Å². The lowest BCUT2D eigenvalue weighted by atomic mass is 10.1. The molecule has 1 rings (SSSR count). The molecule has 1 atom stereocenters. The molecule has 1 N–H and O–H groups in total. The van der Waals surface area contributed by atoms with Crippen molar-refractivity contribution in [2.45, 2.75) is 32.4 Å². The van der Waals surface area contributed by atoms with E-state index in [1.54, 1.807) is 0 Å². The molecule has 0 aliphatic heterocycles. The number of carbonyl (C=O) groups is 1. The van der Waals surface area contributed by atoms with Crippen molar-refractivity contribution in [1.29, 1.82) is 0 Å². The summed E-state index contributed by atoms with van der Waals surface area (Å²) in [6.45, 7) is 5.77. The summed E-state index contributed by atoms with van der Waals surface area (Å²) in [5.74, 6) is 0. The number of hydrogen-bond donors (Lipinski definition) is 1. The van der Waals surface area contributed by atoms with Crippen LogP contribution in [0.25, 0.3) is 0 Å². The quantitative estimate of drug-likeness (QED) is 0.608. The van der Waals surface area contributed by atoms with Gasteiger partial charge in [0.25, 0.3) is 0 Å². The maximum Gasteiger partial charge on any atom is 0.143 e. The first-order chi connectivity index (χ1) is 7.03. The Labute approximate surface area is 90.4 Å². The van der Waals surface area contributed by atoms with Crippen LogP contribution >= 0.6 is 0 Å². The van der Waals surface area contributed by atoms with Gasteiger partial charge in [-0.15, -0.1) is 0 Å². The summed E-state index contributed by atoms with van der Waals surface area (Å²) in [4.78, 5) is 16.2. The predicted molar refractivity (Wildman–Crippen MR) is 59.2 cm³/mol. The van der Waals surface area contributed by atoms with Gasteiger partial charge in [-0.1, -0.05) is 30.3 Å². The SMILES string of the molecule is CC(C)(C)ONC(C=O)c1ccccc1. The first-order valence-electron chi connectivity index (χ1n) is 4.97. The fourth-order valence-corrected chi connectivity index (χ4v) is 1.08. The second-order valence-electron chi connectivity index (χ2n) is 4.36. The summed E-state index contributed by atoms with van der Waals surface area (Å²) in [6.07, 6.45) is 0.834. The van der Waals surface area contributed by atoms with E-state index in [0.29, 0.717) is 0 Å². The van der Waals surface area contributed by atoms with Gasteiger partial charge in [0.15, 0.2) is 0 Å². The molecule has 0 saturated heterocycles. The standard InChI is InChI=1S/C12H17NO2/c1-12(2,3)15-13-11(9-14)10-7-5-4-6-8-10/h4-9,11,13H,1-3H3. The van der Waals surface area contributed by atoms with E-state index in [0.717, 1.165) is 11.8 Å². The summed E-state index contributed by atoms with van der Waals surface area (Å²) in [5.41, 5.74) is 3.35. The maximum atomic E-state index is 10.9. The van der Waals surface area contributed by atoms with Gasteiger partial charge in [0.05, 0.1) is 5.60 Å². The summed E-state index contributed by atoms with van der Waals surface area (Å²) in [5, 5.41) is 0. The van der Waals surface area contributed by atoms with Crippen molar-refractivity contribution in [3.8, 4) is 0 Å². The van der Waals surface area contributed by atoms with Crippen LogP contribution in [-0.2, 0) is 9.63 Å². The van der Waals surface area contributed by atoms with Crippen LogP contribution in [-0.4, -0.2) is 11.9 Å². The summed E-state index contributed by atoms with van der Waals surface area (Å²) < 4.78 is 0. The minimum Gasteiger partial charge on any atom is -0.301 e. The molecule has 0 radical (unpaired) electrons. The van der Waals surface area contributed by atoms with E-state index < -0.39 is 6.04 Å². The highest BCUT2D eigenvalue weighted by Gasteiger charge is 2.15. The van der Waals surface area contributed by atoms with Crippen molar-refractivity contribution in [2.24, 2.45) is 0 Å². The number of aldehydes is 1. The monoisotopic (exact) mass is 207 g/mol. The Balaban J connectivity index is 2.62. The average Bonchev–Trinajstić information content (AvgIpc) is 2.19. The van der Waals surface area contributed by atoms with E-state index >= 15 is 0 Å². The van der Waals surface area contributed by atoms with Crippen LogP contribution in [0.3, 0.4) is 0 Å². The minimum atomic E-state index is -0.412. The minimum absolute atomic E-state index is 0.309. The van der Waals surface area contributed by atoms with Crippen LogP contribution in [0.4, 0.5) is 0 Å². The second-order valence-corrected chi connectivity index (χ2v) is 4.36. The largest absolute Gasteiger partial charge is 0.301 e. The molecule has 3 heteroatoms. The highest BCUT2D eigenvalue weighted by Crippen LogP contribution is 2.12. The zero-order valence-electron chi connectivity index (χ0n) is 9.36. The number of nitrogens with one attached hydrogen (secondary N) is 1. The second kappa shape index (κ2) is 5.05. The van der Waals surface area contributed by atoms with Gasteiger partial charge in [0.1, 0.15) is 12.3 Å². The number of hydroxylamine groups is 1. The van der Waals surface area contributed by atoms with Crippen molar-refractivity contribution in [1.82, 2.24) is 5.48 Å². The van der Waals surface area contributed by atoms with Gasteiger partial charge < -0.3 is 4.79 Å². The molecule has 0 spiro atoms. The van der Waals surface area contributed by atoms with E-state index in [2.05, 4.69) is 5.48 Å². The number of carbonyl (C=O) groups excluding carboxylic acids is 1. The molecule has 15 heavy (non-hydrogen) atoms. The lowest BCUT2D eigenvalue weighted by molar-refractivity contribution is -0.122. The Kier molecular flexibility index (Phi) is 4.00. The Morgan fingerprint density at radius 1 is 1.27 bits per heavy atom. The van der Waals surface area contributed by atoms with Crippen molar-refractivity contribution in [3.63, 3.8) is 0 Å².